The van der Waals surface area contributed by atoms with Gasteiger partial charge in [-0.25, -0.2) is 14.4 Å². The summed E-state index contributed by atoms with van der Waals surface area (Å²) in [5, 5.41) is 16.2. The summed E-state index contributed by atoms with van der Waals surface area (Å²) in [4.78, 5) is 9.14. The van der Waals surface area contributed by atoms with Crippen molar-refractivity contribution in [2.75, 3.05) is 13.7 Å². The van der Waals surface area contributed by atoms with E-state index >= 15 is 0 Å². The number of ether oxygens (including phenoxy) is 1. The number of hydrogen-bond acceptors (Lipinski definition) is 6. The molecule has 0 bridgehead atoms. The lowest BCUT2D eigenvalue weighted by Crippen LogP contribution is -2.50. The van der Waals surface area contributed by atoms with Crippen LogP contribution in [0.1, 0.15) is 19.4 Å². The Labute approximate surface area is 174 Å². The Morgan fingerprint density at radius 2 is 2.07 bits per heavy atom. The number of guanidine groups is 1. The van der Waals surface area contributed by atoms with Crippen LogP contribution in [0.15, 0.2) is 53.5 Å². The van der Waals surface area contributed by atoms with Gasteiger partial charge in [0.05, 0.1) is 24.9 Å². The first kappa shape index (κ1) is 19.6. The quantitative estimate of drug-likeness (QED) is 0.510. The molecule has 0 spiro atoms. The van der Waals surface area contributed by atoms with Crippen LogP contribution >= 0.6 is 0 Å². The molecule has 0 aliphatic carbocycles. The summed E-state index contributed by atoms with van der Waals surface area (Å²) < 4.78 is 19.9. The van der Waals surface area contributed by atoms with E-state index in [0.717, 1.165) is 16.5 Å². The van der Waals surface area contributed by atoms with Crippen LogP contribution in [0.5, 0.6) is 5.88 Å². The molecule has 2 aromatic carbocycles. The second kappa shape index (κ2) is 7.64. The number of hydrogen-bond donors (Lipinski definition) is 2. The number of fused-ring (bicyclic) bond motifs is 1. The van der Waals surface area contributed by atoms with Crippen LogP contribution in [0.25, 0.3) is 22.0 Å². The zero-order valence-corrected chi connectivity index (χ0v) is 17.0. The molecular formula is C23H22FN5O. The molecular weight excluding hydrogens is 381 g/mol. The molecule has 1 atom stereocenters. The van der Waals surface area contributed by atoms with Gasteiger partial charge in [0.2, 0.25) is 11.8 Å². The van der Waals surface area contributed by atoms with Crippen LogP contribution in [0.2, 0.25) is 0 Å². The van der Waals surface area contributed by atoms with E-state index in [1.54, 1.807) is 19.2 Å². The fourth-order valence-corrected chi connectivity index (χ4v) is 3.90. The van der Waals surface area contributed by atoms with Gasteiger partial charge in [0.1, 0.15) is 5.82 Å². The Kier molecular flexibility index (Phi) is 5.00. The lowest BCUT2D eigenvalue weighted by Gasteiger charge is -2.34. The summed E-state index contributed by atoms with van der Waals surface area (Å²) in [6.45, 7) is 4.61. The van der Waals surface area contributed by atoms with Gasteiger partial charge in [-0.2, -0.15) is 5.26 Å². The molecule has 2 N–H and O–H groups in total. The molecule has 7 heteroatoms. The van der Waals surface area contributed by atoms with Crippen molar-refractivity contribution in [3.05, 3.63) is 59.9 Å². The van der Waals surface area contributed by atoms with E-state index in [0.29, 0.717) is 29.5 Å². The number of halogens is 1. The maximum atomic E-state index is 14.2. The molecule has 0 saturated carbocycles. The van der Waals surface area contributed by atoms with E-state index in [9.17, 15) is 4.39 Å². The predicted octanol–water partition coefficient (Wildman–Crippen LogP) is 3.93. The molecule has 1 unspecified atom stereocenters. The molecule has 0 fully saturated rings. The first-order valence-corrected chi connectivity index (χ1v) is 9.70. The van der Waals surface area contributed by atoms with Crippen molar-refractivity contribution >= 4 is 16.7 Å². The largest absolute Gasteiger partial charge is 0.481 e. The Hall–Kier alpha value is -3.66. The molecule has 0 saturated heterocycles. The molecule has 152 valence electrons. The zero-order valence-electron chi connectivity index (χ0n) is 17.0. The van der Waals surface area contributed by atoms with E-state index in [1.807, 2.05) is 36.5 Å². The number of pyridine rings is 1. The highest BCUT2D eigenvalue weighted by atomic mass is 19.1. The van der Waals surface area contributed by atoms with Gasteiger partial charge in [-0.15, -0.1) is 0 Å². The third-order valence-corrected chi connectivity index (χ3v) is 5.65. The number of aliphatic imine (C=N–C) groups is 1. The highest BCUT2D eigenvalue weighted by Crippen LogP contribution is 2.38. The average molecular weight is 403 g/mol. The van der Waals surface area contributed by atoms with Crippen molar-refractivity contribution in [1.29, 1.82) is 5.26 Å². The van der Waals surface area contributed by atoms with E-state index in [4.69, 9.17) is 15.0 Å². The van der Waals surface area contributed by atoms with Crippen LogP contribution in [-0.4, -0.2) is 24.6 Å². The number of nitriles is 1. The van der Waals surface area contributed by atoms with E-state index in [1.165, 1.54) is 6.07 Å². The van der Waals surface area contributed by atoms with Gasteiger partial charge in [-0.1, -0.05) is 38.1 Å². The fraction of sp³-hybridized carbons (Fsp3) is 0.261. The minimum atomic E-state index is -0.550. The lowest BCUT2D eigenvalue weighted by molar-refractivity contribution is 0.287. The van der Waals surface area contributed by atoms with Crippen LogP contribution in [-0.2, 0) is 5.54 Å². The predicted molar refractivity (Wildman–Crippen MR) is 114 cm³/mol. The summed E-state index contributed by atoms with van der Waals surface area (Å²) >= 11 is 0. The fourth-order valence-electron chi connectivity index (χ4n) is 3.90. The highest BCUT2D eigenvalue weighted by Gasteiger charge is 2.43. The number of benzene rings is 2. The van der Waals surface area contributed by atoms with Crippen LogP contribution in [0.4, 0.5) is 4.39 Å². The van der Waals surface area contributed by atoms with Crippen molar-refractivity contribution in [3.63, 3.8) is 0 Å². The molecule has 0 radical (unpaired) electrons. The van der Waals surface area contributed by atoms with Gasteiger partial charge in [0.15, 0.2) is 6.19 Å². The maximum Gasteiger partial charge on any atom is 0.219 e. The van der Waals surface area contributed by atoms with Crippen LogP contribution in [0, 0.1) is 23.2 Å². The number of methoxy groups -OCH3 is 1. The molecule has 6 nitrogen and oxygen atoms in total. The second-order valence-corrected chi connectivity index (χ2v) is 7.58. The number of nitrogens with one attached hydrogen (secondary N) is 2. The first-order chi connectivity index (χ1) is 14.5. The first-order valence-electron chi connectivity index (χ1n) is 9.70. The molecule has 3 aromatic rings. The summed E-state index contributed by atoms with van der Waals surface area (Å²) in [6, 6.07) is 14.5. The van der Waals surface area contributed by atoms with E-state index in [-0.39, 0.29) is 11.7 Å². The number of nitrogens with zero attached hydrogens (tertiary/aromatic N) is 3. The molecule has 1 aliphatic rings. The molecule has 2 heterocycles. The Bertz CT molecular complexity index is 1180. The Balaban J connectivity index is 1.77. The van der Waals surface area contributed by atoms with Crippen LogP contribution in [0.3, 0.4) is 0 Å². The second-order valence-electron chi connectivity index (χ2n) is 7.58. The van der Waals surface area contributed by atoms with Crippen molar-refractivity contribution in [2.24, 2.45) is 10.9 Å². The minimum Gasteiger partial charge on any atom is -0.481 e. The average Bonchev–Trinajstić information content (AvgIpc) is 3.19. The van der Waals surface area contributed by atoms with Crippen molar-refractivity contribution in [1.82, 2.24) is 15.6 Å². The van der Waals surface area contributed by atoms with Crippen molar-refractivity contribution in [2.45, 2.75) is 19.4 Å². The van der Waals surface area contributed by atoms with Gasteiger partial charge in [-0.05, 0) is 35.6 Å². The number of aromatic nitrogens is 1. The van der Waals surface area contributed by atoms with Gasteiger partial charge >= 0.3 is 0 Å². The molecule has 4 rings (SSSR count). The summed E-state index contributed by atoms with van der Waals surface area (Å²) in [6.07, 6.45) is 1.90. The van der Waals surface area contributed by atoms with Crippen LogP contribution < -0.4 is 15.4 Å². The minimum absolute atomic E-state index is 0.149. The molecule has 30 heavy (non-hydrogen) atoms. The van der Waals surface area contributed by atoms with Gasteiger partial charge in [0, 0.05) is 16.5 Å². The summed E-state index contributed by atoms with van der Waals surface area (Å²) in [7, 11) is 1.58. The molecule has 0 amide bonds. The normalized spacial score (nSPS) is 18.1. The van der Waals surface area contributed by atoms with Gasteiger partial charge in [-0.3, -0.25) is 5.32 Å². The third kappa shape index (κ3) is 3.20. The van der Waals surface area contributed by atoms with Gasteiger partial charge < -0.3 is 10.1 Å². The summed E-state index contributed by atoms with van der Waals surface area (Å²) in [5.74, 6) is 0.787. The highest BCUT2D eigenvalue weighted by molar-refractivity contribution is 5.87. The SMILES string of the molecule is COc1nc(-c2ccc3cccc(F)c3c2)ccc1C1(C(C)C)CN=C(NC#N)N1. The van der Waals surface area contributed by atoms with Crippen molar-refractivity contribution < 1.29 is 9.13 Å². The summed E-state index contributed by atoms with van der Waals surface area (Å²) in [5.41, 5.74) is 1.80. The van der Waals surface area contributed by atoms with Gasteiger partial charge in [0.25, 0.3) is 0 Å². The maximum absolute atomic E-state index is 14.2. The Morgan fingerprint density at radius 3 is 2.80 bits per heavy atom. The topological polar surface area (TPSA) is 82.3 Å². The molecule has 1 aliphatic heterocycles. The number of rotatable bonds is 4. The lowest BCUT2D eigenvalue weighted by atomic mass is 9.80. The van der Waals surface area contributed by atoms with Crippen molar-refractivity contribution in [3.8, 4) is 23.3 Å². The van der Waals surface area contributed by atoms with E-state index < -0.39 is 5.54 Å². The molecule has 1 aromatic heterocycles. The monoisotopic (exact) mass is 403 g/mol. The third-order valence-electron chi connectivity index (χ3n) is 5.65. The standard InChI is InChI=1S/C23H22FN5O/c1-14(2)23(12-26-22(29-23)27-13-25)18-9-10-20(28-21(18)30-3)16-8-7-15-5-4-6-19(24)17(15)11-16/h4-11,14H,12H2,1-3H3,(H2,26,27,29). The van der Waals surface area contributed by atoms with E-state index in [2.05, 4.69) is 29.5 Å². The Morgan fingerprint density at radius 1 is 1.23 bits per heavy atom. The smallest absolute Gasteiger partial charge is 0.219 e. The zero-order chi connectivity index (χ0) is 21.3.